The number of methoxy groups -OCH3 is 2. The Labute approximate surface area is 165 Å². The standard InChI is InChI=1S/C21H27NO4S/c1-14(2)26-17-8-6-7-16(11-17)13-22-21(23)15(3)27-18-9-10-19(24-4)20(12-18)25-5/h6-12,14-15H,13H2,1-5H3,(H,22,23)/t15-/m1/s1. The van der Waals surface area contributed by atoms with E-state index in [0.29, 0.717) is 18.0 Å². The summed E-state index contributed by atoms with van der Waals surface area (Å²) < 4.78 is 16.2. The van der Waals surface area contributed by atoms with Crippen LogP contribution in [0.25, 0.3) is 0 Å². The lowest BCUT2D eigenvalue weighted by Crippen LogP contribution is -2.30. The Morgan fingerprint density at radius 1 is 1.04 bits per heavy atom. The fourth-order valence-corrected chi connectivity index (χ4v) is 3.40. The van der Waals surface area contributed by atoms with Crippen LogP contribution in [-0.2, 0) is 11.3 Å². The fourth-order valence-electron chi connectivity index (χ4n) is 2.48. The maximum atomic E-state index is 12.4. The zero-order valence-corrected chi connectivity index (χ0v) is 17.3. The Morgan fingerprint density at radius 2 is 1.78 bits per heavy atom. The molecule has 0 aliphatic rings. The number of amides is 1. The van der Waals surface area contributed by atoms with Gasteiger partial charge in [0.1, 0.15) is 5.75 Å². The van der Waals surface area contributed by atoms with Crippen molar-refractivity contribution in [2.75, 3.05) is 14.2 Å². The van der Waals surface area contributed by atoms with Crippen LogP contribution >= 0.6 is 11.8 Å². The smallest absolute Gasteiger partial charge is 0.233 e. The lowest BCUT2D eigenvalue weighted by atomic mass is 10.2. The summed E-state index contributed by atoms with van der Waals surface area (Å²) >= 11 is 1.47. The Hall–Kier alpha value is -2.34. The highest BCUT2D eigenvalue weighted by Crippen LogP contribution is 2.33. The monoisotopic (exact) mass is 389 g/mol. The summed E-state index contributed by atoms with van der Waals surface area (Å²) in [5, 5.41) is 2.74. The van der Waals surface area contributed by atoms with E-state index in [9.17, 15) is 4.79 Å². The first-order chi connectivity index (χ1) is 12.9. The molecule has 0 fully saturated rings. The predicted octanol–water partition coefficient (Wildman–Crippen LogP) is 4.29. The van der Waals surface area contributed by atoms with Crippen molar-refractivity contribution in [1.82, 2.24) is 5.32 Å². The summed E-state index contributed by atoms with van der Waals surface area (Å²) in [6, 6.07) is 13.4. The number of benzene rings is 2. The predicted molar refractivity (Wildman–Crippen MR) is 109 cm³/mol. The Kier molecular flexibility index (Phi) is 7.85. The van der Waals surface area contributed by atoms with E-state index in [2.05, 4.69) is 5.32 Å². The molecule has 146 valence electrons. The maximum Gasteiger partial charge on any atom is 0.233 e. The van der Waals surface area contributed by atoms with E-state index in [1.165, 1.54) is 11.8 Å². The lowest BCUT2D eigenvalue weighted by Gasteiger charge is -2.14. The van der Waals surface area contributed by atoms with Crippen molar-refractivity contribution in [1.29, 1.82) is 0 Å². The average molecular weight is 390 g/mol. The first kappa shape index (κ1) is 21.0. The van der Waals surface area contributed by atoms with Crippen molar-refractivity contribution in [3.63, 3.8) is 0 Å². The number of thioether (sulfide) groups is 1. The summed E-state index contributed by atoms with van der Waals surface area (Å²) in [6.45, 7) is 6.32. The van der Waals surface area contributed by atoms with Crippen molar-refractivity contribution in [2.45, 2.75) is 43.6 Å². The van der Waals surface area contributed by atoms with Gasteiger partial charge in [-0.25, -0.2) is 0 Å². The van der Waals surface area contributed by atoms with Crippen LogP contribution in [0.1, 0.15) is 26.3 Å². The van der Waals surface area contributed by atoms with Gasteiger partial charge in [-0.3, -0.25) is 4.79 Å². The van der Waals surface area contributed by atoms with Gasteiger partial charge in [-0.15, -0.1) is 11.8 Å². The molecule has 0 saturated heterocycles. The second-order valence-electron chi connectivity index (χ2n) is 6.31. The molecule has 1 atom stereocenters. The number of hydrogen-bond donors (Lipinski definition) is 1. The van der Waals surface area contributed by atoms with Gasteiger partial charge in [0.05, 0.1) is 25.6 Å². The van der Waals surface area contributed by atoms with E-state index in [1.807, 2.05) is 63.2 Å². The number of carbonyl (C=O) groups excluding carboxylic acids is 1. The van der Waals surface area contributed by atoms with Crippen LogP contribution in [0.3, 0.4) is 0 Å². The van der Waals surface area contributed by atoms with Crippen LogP contribution in [0.15, 0.2) is 47.4 Å². The van der Waals surface area contributed by atoms with Crippen LogP contribution in [0, 0.1) is 0 Å². The molecular weight excluding hydrogens is 362 g/mol. The van der Waals surface area contributed by atoms with E-state index in [4.69, 9.17) is 14.2 Å². The van der Waals surface area contributed by atoms with Crippen molar-refractivity contribution in [3.05, 3.63) is 48.0 Å². The van der Waals surface area contributed by atoms with E-state index < -0.39 is 0 Å². The van der Waals surface area contributed by atoms with Gasteiger partial charge in [-0.05, 0) is 56.7 Å². The first-order valence-electron chi connectivity index (χ1n) is 8.85. The van der Waals surface area contributed by atoms with Crippen molar-refractivity contribution in [3.8, 4) is 17.2 Å². The molecule has 2 aromatic rings. The van der Waals surface area contributed by atoms with Crippen molar-refractivity contribution < 1.29 is 19.0 Å². The summed E-state index contributed by atoms with van der Waals surface area (Å²) in [5.41, 5.74) is 1.00. The topological polar surface area (TPSA) is 56.8 Å². The Balaban J connectivity index is 1.92. The molecule has 27 heavy (non-hydrogen) atoms. The fraction of sp³-hybridized carbons (Fsp3) is 0.381. The van der Waals surface area contributed by atoms with Gasteiger partial charge >= 0.3 is 0 Å². The van der Waals surface area contributed by atoms with Gasteiger partial charge in [0, 0.05) is 11.4 Å². The zero-order chi connectivity index (χ0) is 19.8. The van der Waals surface area contributed by atoms with Gasteiger partial charge < -0.3 is 19.5 Å². The van der Waals surface area contributed by atoms with E-state index in [0.717, 1.165) is 16.2 Å². The van der Waals surface area contributed by atoms with Gasteiger partial charge in [0.25, 0.3) is 0 Å². The summed E-state index contributed by atoms with van der Waals surface area (Å²) in [6.07, 6.45) is 0.118. The maximum absolute atomic E-state index is 12.4. The largest absolute Gasteiger partial charge is 0.493 e. The Morgan fingerprint density at radius 3 is 2.44 bits per heavy atom. The molecule has 0 aliphatic carbocycles. The van der Waals surface area contributed by atoms with Gasteiger partial charge in [0.15, 0.2) is 11.5 Å². The molecule has 0 aliphatic heterocycles. The highest BCUT2D eigenvalue weighted by molar-refractivity contribution is 8.00. The van der Waals surface area contributed by atoms with Crippen molar-refractivity contribution >= 4 is 17.7 Å². The summed E-state index contributed by atoms with van der Waals surface area (Å²) in [5.74, 6) is 2.11. The molecule has 0 saturated carbocycles. The minimum Gasteiger partial charge on any atom is -0.493 e. The summed E-state index contributed by atoms with van der Waals surface area (Å²) in [4.78, 5) is 13.4. The van der Waals surface area contributed by atoms with E-state index in [1.54, 1.807) is 14.2 Å². The highest BCUT2D eigenvalue weighted by atomic mass is 32.2. The second-order valence-corrected chi connectivity index (χ2v) is 7.72. The number of carbonyl (C=O) groups is 1. The average Bonchev–Trinajstić information content (AvgIpc) is 2.65. The number of nitrogens with one attached hydrogen (secondary N) is 1. The molecule has 1 amide bonds. The second kappa shape index (κ2) is 10.1. The molecule has 6 heteroatoms. The van der Waals surface area contributed by atoms with Crippen LogP contribution in [-0.4, -0.2) is 31.5 Å². The van der Waals surface area contributed by atoms with Crippen LogP contribution in [0.4, 0.5) is 0 Å². The number of rotatable bonds is 9. The van der Waals surface area contributed by atoms with Gasteiger partial charge in [0.2, 0.25) is 5.91 Å². The normalized spacial score (nSPS) is 11.8. The zero-order valence-electron chi connectivity index (χ0n) is 16.4. The molecule has 0 heterocycles. The van der Waals surface area contributed by atoms with Gasteiger partial charge in [-0.1, -0.05) is 12.1 Å². The quantitative estimate of drug-likeness (QED) is 0.649. The molecule has 0 aromatic heterocycles. The van der Waals surface area contributed by atoms with Crippen LogP contribution in [0.5, 0.6) is 17.2 Å². The third-order valence-corrected chi connectivity index (χ3v) is 4.87. The molecule has 0 bridgehead atoms. The Bertz CT molecular complexity index is 764. The minimum atomic E-state index is -0.238. The van der Waals surface area contributed by atoms with E-state index >= 15 is 0 Å². The minimum absolute atomic E-state index is 0.0232. The molecule has 2 rings (SSSR count). The molecule has 0 unspecified atom stereocenters. The molecule has 0 radical (unpaired) electrons. The van der Waals surface area contributed by atoms with Gasteiger partial charge in [-0.2, -0.15) is 0 Å². The molecule has 5 nitrogen and oxygen atoms in total. The van der Waals surface area contributed by atoms with Crippen LogP contribution in [0.2, 0.25) is 0 Å². The molecule has 1 N–H and O–H groups in total. The third-order valence-electron chi connectivity index (χ3n) is 3.77. The molecule has 2 aromatic carbocycles. The molecule has 0 spiro atoms. The third kappa shape index (κ3) is 6.40. The molecular formula is C21H27NO4S. The first-order valence-corrected chi connectivity index (χ1v) is 9.73. The lowest BCUT2D eigenvalue weighted by molar-refractivity contribution is -0.120. The number of hydrogen-bond acceptors (Lipinski definition) is 5. The SMILES string of the molecule is COc1ccc(S[C@H](C)C(=O)NCc2cccc(OC(C)C)c2)cc1OC. The highest BCUT2D eigenvalue weighted by Gasteiger charge is 2.15. The summed E-state index contributed by atoms with van der Waals surface area (Å²) in [7, 11) is 3.20. The van der Waals surface area contributed by atoms with Crippen LogP contribution < -0.4 is 19.5 Å². The van der Waals surface area contributed by atoms with Crippen molar-refractivity contribution in [2.24, 2.45) is 0 Å². The van der Waals surface area contributed by atoms with E-state index in [-0.39, 0.29) is 17.3 Å². The number of ether oxygens (including phenoxy) is 3.